The van der Waals surface area contributed by atoms with E-state index in [-0.39, 0.29) is 16.9 Å². The van der Waals surface area contributed by atoms with Crippen molar-refractivity contribution in [2.75, 3.05) is 6.61 Å². The minimum Gasteiger partial charge on any atom is -0.494 e. The summed E-state index contributed by atoms with van der Waals surface area (Å²) in [6, 6.07) is 2.47. The number of carbonyl (C=O) groups is 2. The van der Waals surface area contributed by atoms with Crippen LogP contribution < -0.4 is 4.74 Å². The summed E-state index contributed by atoms with van der Waals surface area (Å²) in [5.74, 6) is -0.326. The minimum atomic E-state index is -0.702. The van der Waals surface area contributed by atoms with Crippen molar-refractivity contribution in [1.82, 2.24) is 0 Å². The van der Waals surface area contributed by atoms with E-state index in [0.717, 1.165) is 6.07 Å². The smallest absolute Gasteiger partial charge is 0.284 e. The number of benzene rings is 1. The second-order valence-corrected chi connectivity index (χ2v) is 3.27. The van der Waals surface area contributed by atoms with E-state index >= 15 is 0 Å². The lowest BCUT2D eigenvalue weighted by molar-refractivity contribution is -0.385. The van der Waals surface area contributed by atoms with Crippen LogP contribution in [0.2, 0.25) is 0 Å². The molecule has 0 saturated carbocycles. The molecule has 6 nitrogen and oxygen atoms in total. The molecule has 0 fully saturated rings. The van der Waals surface area contributed by atoms with Crippen LogP contribution in [0.15, 0.2) is 12.1 Å². The quantitative estimate of drug-likeness (QED) is 0.338. The highest BCUT2D eigenvalue weighted by Gasteiger charge is 2.23. The number of nitrogens with zero attached hydrogens (tertiary/aromatic N) is 1. The molecule has 0 atom stereocenters. The molecule has 90 valence electrons. The van der Waals surface area contributed by atoms with Gasteiger partial charge in [0.2, 0.25) is 0 Å². The third kappa shape index (κ3) is 2.66. The van der Waals surface area contributed by atoms with E-state index < -0.39 is 16.4 Å². The van der Waals surface area contributed by atoms with Gasteiger partial charge in [0.05, 0.1) is 17.6 Å². The van der Waals surface area contributed by atoms with E-state index in [9.17, 15) is 19.7 Å². The zero-order chi connectivity index (χ0) is 13.0. The Morgan fingerprint density at radius 1 is 1.53 bits per heavy atom. The van der Waals surface area contributed by atoms with Gasteiger partial charge in [-0.25, -0.2) is 0 Å². The molecule has 0 unspecified atom stereocenters. The van der Waals surface area contributed by atoms with Gasteiger partial charge in [0.15, 0.2) is 12.1 Å². The van der Waals surface area contributed by atoms with Crippen molar-refractivity contribution in [3.8, 4) is 5.75 Å². The van der Waals surface area contributed by atoms with E-state index in [1.54, 1.807) is 6.92 Å². The number of carbonyl (C=O) groups excluding carboxylic acids is 2. The highest BCUT2D eigenvalue weighted by molar-refractivity contribution is 6.05. The number of nitro benzene ring substituents is 1. The molecule has 0 radical (unpaired) electrons. The molecule has 1 aromatic rings. The van der Waals surface area contributed by atoms with Gasteiger partial charge in [-0.05, 0) is 19.9 Å². The number of hydrogen-bond donors (Lipinski definition) is 0. The van der Waals surface area contributed by atoms with Gasteiger partial charge in [-0.15, -0.1) is 0 Å². The molecule has 0 aromatic heterocycles. The van der Waals surface area contributed by atoms with E-state index in [1.165, 1.54) is 13.0 Å². The van der Waals surface area contributed by atoms with E-state index in [0.29, 0.717) is 12.9 Å². The maximum Gasteiger partial charge on any atom is 0.284 e. The van der Waals surface area contributed by atoms with Gasteiger partial charge in [0, 0.05) is 5.56 Å². The normalized spacial score (nSPS) is 9.76. The maximum absolute atomic E-state index is 11.3. The average molecular weight is 237 g/mol. The van der Waals surface area contributed by atoms with Crippen molar-refractivity contribution in [3.63, 3.8) is 0 Å². The summed E-state index contributed by atoms with van der Waals surface area (Å²) in [7, 11) is 0. The molecule has 17 heavy (non-hydrogen) atoms. The monoisotopic (exact) mass is 237 g/mol. The summed E-state index contributed by atoms with van der Waals surface area (Å²) in [5, 5.41) is 10.8. The summed E-state index contributed by atoms with van der Waals surface area (Å²) in [5.41, 5.74) is -0.630. The summed E-state index contributed by atoms with van der Waals surface area (Å²) in [4.78, 5) is 32.3. The molecule has 0 N–H and O–H groups in total. The van der Waals surface area contributed by atoms with Crippen molar-refractivity contribution in [2.45, 2.75) is 13.8 Å². The fraction of sp³-hybridized carbons (Fsp3) is 0.273. The summed E-state index contributed by atoms with van der Waals surface area (Å²) in [6.45, 7) is 3.20. The zero-order valence-corrected chi connectivity index (χ0v) is 9.43. The molecule has 6 heteroatoms. The highest BCUT2D eigenvalue weighted by Crippen LogP contribution is 2.28. The van der Waals surface area contributed by atoms with Crippen LogP contribution in [-0.4, -0.2) is 23.6 Å². The molecule has 0 heterocycles. The number of aldehydes is 1. The van der Waals surface area contributed by atoms with Crippen molar-refractivity contribution in [2.24, 2.45) is 0 Å². The second-order valence-electron chi connectivity index (χ2n) is 3.27. The molecule has 1 aromatic carbocycles. The average Bonchev–Trinajstić information content (AvgIpc) is 2.27. The number of nitro groups is 1. The Bertz CT molecular complexity index is 481. The Morgan fingerprint density at radius 2 is 2.18 bits per heavy atom. The van der Waals surface area contributed by atoms with Crippen LogP contribution in [0.3, 0.4) is 0 Å². The molecule has 0 aliphatic carbocycles. The van der Waals surface area contributed by atoms with Crippen molar-refractivity contribution in [1.29, 1.82) is 0 Å². The van der Waals surface area contributed by atoms with E-state index in [2.05, 4.69) is 0 Å². The Kier molecular flexibility index (Phi) is 3.92. The number of ether oxygens (including phenoxy) is 1. The first-order chi connectivity index (χ1) is 8.01. The van der Waals surface area contributed by atoms with Gasteiger partial charge >= 0.3 is 0 Å². The molecule has 0 aliphatic heterocycles. The zero-order valence-electron chi connectivity index (χ0n) is 9.43. The standard InChI is InChI=1S/C11H11NO5/c1-3-17-9-4-8(6-13)11(7(2)14)10(5-9)12(15)16/h4-6H,3H2,1-2H3. The van der Waals surface area contributed by atoms with Gasteiger partial charge in [0.25, 0.3) is 5.69 Å². The molecule has 0 bridgehead atoms. The summed E-state index contributed by atoms with van der Waals surface area (Å²) < 4.78 is 5.10. The van der Waals surface area contributed by atoms with Crippen molar-refractivity contribution < 1.29 is 19.2 Å². The molecule has 0 spiro atoms. The predicted molar refractivity (Wildman–Crippen MR) is 59.7 cm³/mol. The Balaban J connectivity index is 3.51. The van der Waals surface area contributed by atoms with Crippen molar-refractivity contribution in [3.05, 3.63) is 33.4 Å². The topological polar surface area (TPSA) is 86.5 Å². The SMILES string of the molecule is CCOc1cc(C=O)c(C(C)=O)c([N+](=O)[O-])c1. The predicted octanol–water partition coefficient (Wildman–Crippen LogP) is 2.01. The first-order valence-corrected chi connectivity index (χ1v) is 4.92. The van der Waals surface area contributed by atoms with Gasteiger partial charge in [0.1, 0.15) is 11.3 Å². The van der Waals surface area contributed by atoms with Crippen LogP contribution in [0.4, 0.5) is 5.69 Å². The molecular formula is C11H11NO5. The lowest BCUT2D eigenvalue weighted by Gasteiger charge is -2.07. The largest absolute Gasteiger partial charge is 0.494 e. The Hall–Kier alpha value is -2.24. The van der Waals surface area contributed by atoms with E-state index in [4.69, 9.17) is 4.74 Å². The van der Waals surface area contributed by atoms with Crippen LogP contribution in [0.5, 0.6) is 5.75 Å². The number of Topliss-reactive ketones (excluding diaryl/α,β-unsaturated/α-hetero) is 1. The van der Waals surface area contributed by atoms with Gasteiger partial charge in [-0.1, -0.05) is 0 Å². The lowest BCUT2D eigenvalue weighted by Crippen LogP contribution is -2.06. The summed E-state index contributed by atoms with van der Waals surface area (Å²) in [6.07, 6.45) is 0.409. The fourth-order valence-corrected chi connectivity index (χ4v) is 1.49. The van der Waals surface area contributed by atoms with E-state index in [1.807, 2.05) is 0 Å². The maximum atomic E-state index is 11.3. The van der Waals surface area contributed by atoms with Gasteiger partial charge < -0.3 is 4.74 Å². The molecule has 0 aliphatic rings. The van der Waals surface area contributed by atoms with Gasteiger partial charge in [-0.3, -0.25) is 19.7 Å². The van der Waals surface area contributed by atoms with Crippen LogP contribution in [0.1, 0.15) is 34.6 Å². The Labute approximate surface area is 97.3 Å². The number of rotatable bonds is 5. The fourth-order valence-electron chi connectivity index (χ4n) is 1.49. The minimum absolute atomic E-state index is 0.0323. The summed E-state index contributed by atoms with van der Waals surface area (Å²) >= 11 is 0. The molecular weight excluding hydrogens is 226 g/mol. The second kappa shape index (κ2) is 5.20. The molecule has 1 rings (SSSR count). The van der Waals surface area contributed by atoms with Crippen LogP contribution in [0.25, 0.3) is 0 Å². The van der Waals surface area contributed by atoms with Crippen LogP contribution in [-0.2, 0) is 0 Å². The number of hydrogen-bond acceptors (Lipinski definition) is 5. The molecule has 0 saturated heterocycles. The van der Waals surface area contributed by atoms with Crippen LogP contribution in [0, 0.1) is 10.1 Å². The highest BCUT2D eigenvalue weighted by atomic mass is 16.6. The third-order valence-electron chi connectivity index (χ3n) is 2.11. The third-order valence-corrected chi connectivity index (χ3v) is 2.11. The number of ketones is 1. The van der Waals surface area contributed by atoms with Crippen LogP contribution >= 0.6 is 0 Å². The Morgan fingerprint density at radius 3 is 2.59 bits per heavy atom. The lowest BCUT2D eigenvalue weighted by atomic mass is 10.0. The first-order valence-electron chi connectivity index (χ1n) is 4.92. The molecule has 0 amide bonds. The van der Waals surface area contributed by atoms with Crippen molar-refractivity contribution >= 4 is 17.8 Å². The first kappa shape index (κ1) is 12.8. The van der Waals surface area contributed by atoms with Gasteiger partial charge in [-0.2, -0.15) is 0 Å².